The second kappa shape index (κ2) is 8.78. The topological polar surface area (TPSA) is 113 Å². The largest absolute Gasteiger partial charge is 0.726 e. The summed E-state index contributed by atoms with van der Waals surface area (Å²) >= 11 is 0. The van der Waals surface area contributed by atoms with E-state index in [1.807, 2.05) is 0 Å². The van der Waals surface area contributed by atoms with Gasteiger partial charge in [-0.05, 0) is 103 Å². The van der Waals surface area contributed by atoms with Gasteiger partial charge in [-0.3, -0.25) is 8.98 Å². The van der Waals surface area contributed by atoms with E-state index in [1.54, 1.807) is 0 Å². The van der Waals surface area contributed by atoms with Crippen molar-refractivity contribution < 1.29 is 31.8 Å². The number of hydrogen-bond donors (Lipinski definition) is 1. The second-order valence-electron chi connectivity index (χ2n) is 15.8. The van der Waals surface area contributed by atoms with Gasteiger partial charge in [-0.25, -0.2) is 8.42 Å². The highest BCUT2D eigenvalue weighted by Gasteiger charge is 2.71. The lowest BCUT2D eigenvalue weighted by atomic mass is 9.33. The van der Waals surface area contributed by atoms with E-state index in [9.17, 15) is 22.9 Å². The Labute approximate surface area is 235 Å². The Morgan fingerprint density at radius 1 is 0.974 bits per heavy atom. The first-order valence-corrected chi connectivity index (χ1v) is 16.2. The van der Waals surface area contributed by atoms with Gasteiger partial charge >= 0.3 is 5.97 Å². The van der Waals surface area contributed by atoms with Crippen molar-refractivity contribution in [1.29, 1.82) is 0 Å². The van der Waals surface area contributed by atoms with Crippen LogP contribution >= 0.6 is 0 Å². The van der Waals surface area contributed by atoms with E-state index in [1.165, 1.54) is 12.7 Å². The van der Waals surface area contributed by atoms with Crippen LogP contribution in [0.15, 0.2) is 11.6 Å². The number of rotatable bonds is 3. The van der Waals surface area contributed by atoms with Crippen molar-refractivity contribution in [3.63, 3.8) is 0 Å². The third-order valence-electron chi connectivity index (χ3n) is 13.4. The minimum absolute atomic E-state index is 0.0476. The molecule has 0 saturated heterocycles. The van der Waals surface area contributed by atoms with Gasteiger partial charge in [-0.2, -0.15) is 0 Å². The minimum atomic E-state index is -4.78. The fourth-order valence-corrected chi connectivity index (χ4v) is 11.8. The van der Waals surface area contributed by atoms with Crippen LogP contribution in [-0.4, -0.2) is 43.4 Å². The quantitative estimate of drug-likeness (QED) is 0.200. The Hall–Kier alpha value is -0.960. The summed E-state index contributed by atoms with van der Waals surface area (Å²) in [5.74, 6) is 0.220. The molecule has 0 heterocycles. The highest BCUT2D eigenvalue weighted by Crippen LogP contribution is 2.76. The Balaban J connectivity index is 1.58. The molecule has 0 bridgehead atoms. The summed E-state index contributed by atoms with van der Waals surface area (Å²) in [5.41, 5.74) is -0.359. The molecule has 0 aliphatic heterocycles. The van der Waals surface area contributed by atoms with E-state index in [4.69, 9.17) is 8.92 Å². The van der Waals surface area contributed by atoms with E-state index < -0.39 is 33.4 Å². The molecular weight excluding hydrogens is 516 g/mol. The minimum Gasteiger partial charge on any atom is -0.726 e. The summed E-state index contributed by atoms with van der Waals surface area (Å²) < 4.78 is 45.2. The number of carbonyl (C=O) groups is 1. The molecule has 0 aromatic heterocycles. The lowest BCUT2D eigenvalue weighted by Gasteiger charge is -2.71. The van der Waals surface area contributed by atoms with Crippen molar-refractivity contribution in [2.45, 2.75) is 118 Å². The average Bonchev–Trinajstić information content (AvgIpc) is 2.80. The van der Waals surface area contributed by atoms with Crippen molar-refractivity contribution in [2.24, 2.45) is 50.2 Å². The standard InChI is InChI=1S/C31H50O7S/c1-26(2)15-16-31(25(33)37-8)20(17-26)19-9-10-22-28(5)13-12-24(38-39(34,35)36)27(3,4)21(28)11-14-29(22,6)30(19,7)18-23(31)32/h9,20-24,32H,10-18H2,1-8H3,(H,34,35,36)/p-1/t20-,21-,22+,23+,24-,28-,29+,30+,31+/m0/s1. The van der Waals surface area contributed by atoms with Gasteiger partial charge in [0.25, 0.3) is 0 Å². The number of fused-ring (bicyclic) bond motifs is 7. The molecule has 5 rings (SSSR count). The molecule has 222 valence electrons. The summed E-state index contributed by atoms with van der Waals surface area (Å²) in [6, 6.07) is 0. The van der Waals surface area contributed by atoms with Crippen molar-refractivity contribution in [2.75, 3.05) is 7.11 Å². The lowest BCUT2D eigenvalue weighted by Crippen LogP contribution is -2.67. The number of aliphatic hydroxyl groups is 1. The Morgan fingerprint density at radius 2 is 1.64 bits per heavy atom. The molecule has 4 saturated carbocycles. The van der Waals surface area contributed by atoms with Crippen molar-refractivity contribution in [3.8, 4) is 0 Å². The third-order valence-corrected chi connectivity index (χ3v) is 13.9. The maximum Gasteiger partial charge on any atom is 0.315 e. The van der Waals surface area contributed by atoms with Crippen molar-refractivity contribution in [3.05, 3.63) is 11.6 Å². The highest BCUT2D eigenvalue weighted by molar-refractivity contribution is 7.80. The van der Waals surface area contributed by atoms with Crippen LogP contribution in [0, 0.1) is 50.2 Å². The summed E-state index contributed by atoms with van der Waals surface area (Å²) in [6.07, 6.45) is 8.06. The average molecular weight is 566 g/mol. The number of methoxy groups -OCH3 is 1. The van der Waals surface area contributed by atoms with Crippen LogP contribution in [0.1, 0.15) is 106 Å². The molecule has 0 amide bonds. The Kier molecular flexibility index (Phi) is 6.65. The fourth-order valence-electron chi connectivity index (χ4n) is 11.2. The van der Waals surface area contributed by atoms with Crippen molar-refractivity contribution in [1.82, 2.24) is 0 Å². The molecule has 0 unspecified atom stereocenters. The van der Waals surface area contributed by atoms with Gasteiger partial charge in [0.2, 0.25) is 10.4 Å². The van der Waals surface area contributed by atoms with Gasteiger partial charge in [0.1, 0.15) is 5.41 Å². The zero-order valence-corrected chi connectivity index (χ0v) is 25.9. The molecule has 39 heavy (non-hydrogen) atoms. The van der Waals surface area contributed by atoms with E-state index in [-0.39, 0.29) is 39.5 Å². The van der Waals surface area contributed by atoms with Gasteiger partial charge < -0.3 is 14.4 Å². The zero-order chi connectivity index (χ0) is 29.0. The predicted molar refractivity (Wildman–Crippen MR) is 147 cm³/mol. The van der Waals surface area contributed by atoms with Crippen LogP contribution in [0.3, 0.4) is 0 Å². The van der Waals surface area contributed by atoms with Gasteiger partial charge in [0, 0.05) is 0 Å². The molecule has 7 nitrogen and oxygen atoms in total. The van der Waals surface area contributed by atoms with Crippen LogP contribution < -0.4 is 0 Å². The second-order valence-corrected chi connectivity index (χ2v) is 16.8. The van der Waals surface area contributed by atoms with Crippen LogP contribution in [-0.2, 0) is 24.1 Å². The van der Waals surface area contributed by atoms with E-state index in [2.05, 4.69) is 54.5 Å². The molecule has 4 fully saturated rings. The highest BCUT2D eigenvalue weighted by atomic mass is 32.3. The van der Waals surface area contributed by atoms with Crippen LogP contribution in [0.5, 0.6) is 0 Å². The smallest absolute Gasteiger partial charge is 0.315 e. The number of aliphatic hydroxyl groups excluding tert-OH is 1. The predicted octanol–water partition coefficient (Wildman–Crippen LogP) is 5.78. The van der Waals surface area contributed by atoms with Gasteiger partial charge in [0.15, 0.2) is 0 Å². The Morgan fingerprint density at radius 3 is 2.26 bits per heavy atom. The van der Waals surface area contributed by atoms with Crippen LogP contribution in [0.4, 0.5) is 0 Å². The monoisotopic (exact) mass is 565 g/mol. The summed E-state index contributed by atoms with van der Waals surface area (Å²) in [6.45, 7) is 15.8. The maximum absolute atomic E-state index is 13.4. The number of hydrogen-bond acceptors (Lipinski definition) is 7. The Bertz CT molecular complexity index is 1170. The molecule has 5 aliphatic carbocycles. The normalized spacial score (nSPS) is 48.5. The first-order valence-electron chi connectivity index (χ1n) is 14.9. The maximum atomic E-state index is 13.4. The first-order chi connectivity index (χ1) is 17.8. The molecule has 0 spiro atoms. The van der Waals surface area contributed by atoms with E-state index >= 15 is 0 Å². The molecule has 8 heteroatoms. The molecule has 0 aromatic rings. The van der Waals surface area contributed by atoms with Crippen LogP contribution in [0.2, 0.25) is 0 Å². The third kappa shape index (κ3) is 3.97. The first kappa shape index (κ1) is 29.5. The summed E-state index contributed by atoms with van der Waals surface area (Å²) in [7, 11) is -3.33. The lowest BCUT2D eigenvalue weighted by molar-refractivity contribution is -0.217. The molecule has 0 radical (unpaired) electrons. The van der Waals surface area contributed by atoms with Gasteiger partial charge in [-0.1, -0.05) is 60.1 Å². The van der Waals surface area contributed by atoms with Crippen molar-refractivity contribution >= 4 is 16.4 Å². The molecule has 1 N–H and O–H groups in total. The number of esters is 1. The number of carbonyl (C=O) groups excluding carboxylic acids is 1. The summed E-state index contributed by atoms with van der Waals surface area (Å²) in [5, 5.41) is 11.9. The zero-order valence-electron chi connectivity index (χ0n) is 25.1. The number of ether oxygens (including phenoxy) is 1. The van der Waals surface area contributed by atoms with E-state index in [0.29, 0.717) is 25.2 Å². The fraction of sp³-hybridized carbons (Fsp3) is 0.903. The SMILES string of the molecule is COC(=O)[C@]12CCC(C)(C)C[C@H]1C1=CC[C@@H]3[C@@]4(C)CC[C@H](OS(=O)(=O)[O-])C(C)(C)[C@@H]4CC[C@@]3(C)[C@]1(C)C[C@H]2O. The molecule has 0 aromatic carbocycles. The molecule has 5 aliphatic rings. The molecular formula is C31H49O7S-. The van der Waals surface area contributed by atoms with Gasteiger partial charge in [0.05, 0.1) is 19.3 Å². The van der Waals surface area contributed by atoms with E-state index in [0.717, 1.165) is 38.5 Å². The molecule has 9 atom stereocenters. The summed E-state index contributed by atoms with van der Waals surface area (Å²) in [4.78, 5) is 13.4. The van der Waals surface area contributed by atoms with Crippen LogP contribution in [0.25, 0.3) is 0 Å². The number of allylic oxidation sites excluding steroid dienone is 2. The van der Waals surface area contributed by atoms with Gasteiger partial charge in [-0.15, -0.1) is 0 Å².